The Morgan fingerprint density at radius 2 is 2.12 bits per heavy atom. The number of halogens is 1. The fraction of sp³-hybridized carbons (Fsp3) is 0.0625. The van der Waals surface area contributed by atoms with Gasteiger partial charge in [-0.15, -0.1) is 11.3 Å². The number of ether oxygens (including phenoxy) is 1. The summed E-state index contributed by atoms with van der Waals surface area (Å²) in [6, 6.07) is 8.26. The zero-order valence-corrected chi connectivity index (χ0v) is 14.0. The molecule has 0 amide bonds. The Labute approximate surface area is 145 Å². The molecule has 0 saturated carbocycles. The number of hydrogen-bond acceptors (Lipinski definition) is 6. The summed E-state index contributed by atoms with van der Waals surface area (Å²) in [6.07, 6.45) is 3.42. The highest BCUT2D eigenvalue weighted by Crippen LogP contribution is 2.37. The van der Waals surface area contributed by atoms with Gasteiger partial charge in [-0.05, 0) is 35.9 Å². The number of benzene rings is 2. The molecule has 0 saturated heterocycles. The Hall–Kier alpha value is -2.64. The number of methoxy groups -OCH3 is 1. The van der Waals surface area contributed by atoms with Crippen LogP contribution in [0.1, 0.15) is 10.6 Å². The second-order valence-corrected chi connectivity index (χ2v) is 6.34. The summed E-state index contributed by atoms with van der Waals surface area (Å²) in [4.78, 5) is 14.8. The number of nitro benzene ring substituents is 1. The molecule has 0 radical (unpaired) electrons. The van der Waals surface area contributed by atoms with Crippen LogP contribution in [0.4, 0.5) is 5.69 Å². The molecule has 0 spiro atoms. The minimum absolute atomic E-state index is 0.0416. The van der Waals surface area contributed by atoms with Crippen LogP contribution in [0.5, 0.6) is 11.5 Å². The maximum absolute atomic E-state index is 11.0. The van der Waals surface area contributed by atoms with Gasteiger partial charge in [0.1, 0.15) is 5.01 Å². The van der Waals surface area contributed by atoms with Gasteiger partial charge in [-0.25, -0.2) is 4.98 Å². The first kappa shape index (κ1) is 16.2. The number of rotatable bonds is 4. The molecule has 24 heavy (non-hydrogen) atoms. The molecule has 0 aliphatic heterocycles. The van der Waals surface area contributed by atoms with E-state index in [0.29, 0.717) is 10.6 Å². The fourth-order valence-electron chi connectivity index (χ4n) is 2.16. The molecular weight excluding hydrogens is 352 g/mol. The third-order valence-electron chi connectivity index (χ3n) is 3.28. The van der Waals surface area contributed by atoms with Crippen LogP contribution < -0.4 is 4.74 Å². The number of aromatic hydroxyl groups is 1. The predicted molar refractivity (Wildman–Crippen MR) is 94.9 cm³/mol. The second kappa shape index (κ2) is 6.46. The number of hydrogen-bond donors (Lipinski definition) is 1. The van der Waals surface area contributed by atoms with E-state index in [1.807, 2.05) is 6.07 Å². The van der Waals surface area contributed by atoms with Crippen molar-refractivity contribution in [3.05, 3.63) is 56.0 Å². The molecule has 0 atom stereocenters. The molecule has 1 N–H and O–H groups in total. The average molecular weight is 363 g/mol. The van der Waals surface area contributed by atoms with Crippen molar-refractivity contribution in [2.45, 2.75) is 0 Å². The van der Waals surface area contributed by atoms with Gasteiger partial charge in [0.15, 0.2) is 5.75 Å². The molecule has 0 aliphatic rings. The molecule has 3 rings (SSSR count). The van der Waals surface area contributed by atoms with Crippen LogP contribution in [0.15, 0.2) is 30.3 Å². The Kier molecular flexibility index (Phi) is 4.37. The lowest BCUT2D eigenvalue weighted by Gasteiger charge is -2.05. The summed E-state index contributed by atoms with van der Waals surface area (Å²) < 4.78 is 5.97. The third-order valence-corrected chi connectivity index (χ3v) is 4.52. The van der Waals surface area contributed by atoms with Crippen molar-refractivity contribution in [2.24, 2.45) is 0 Å². The minimum atomic E-state index is -0.658. The standard InChI is InChI=1S/C16H11ClN2O4S/c1-23-13-7-9(6-12(16(13)20)19(21)22)2-5-15-18-11-8-10(17)3-4-14(11)24-15/h2-8,20H,1H3/b5-2+. The summed E-state index contributed by atoms with van der Waals surface area (Å²) in [5, 5.41) is 22.1. The molecule has 6 nitrogen and oxygen atoms in total. The van der Waals surface area contributed by atoms with Gasteiger partial charge in [0.2, 0.25) is 5.75 Å². The van der Waals surface area contributed by atoms with Gasteiger partial charge >= 0.3 is 5.69 Å². The van der Waals surface area contributed by atoms with Crippen LogP contribution in [0, 0.1) is 10.1 Å². The summed E-state index contributed by atoms with van der Waals surface area (Å²) in [6.45, 7) is 0. The van der Waals surface area contributed by atoms with Crippen LogP contribution in [0.3, 0.4) is 0 Å². The van der Waals surface area contributed by atoms with Crippen molar-refractivity contribution >= 4 is 51.0 Å². The molecule has 2 aromatic carbocycles. The number of thiazole rings is 1. The van der Waals surface area contributed by atoms with Crippen molar-refractivity contribution in [3.63, 3.8) is 0 Å². The van der Waals surface area contributed by atoms with Crippen molar-refractivity contribution in [3.8, 4) is 11.5 Å². The average Bonchev–Trinajstić information content (AvgIpc) is 2.95. The first-order chi connectivity index (χ1) is 11.5. The van der Waals surface area contributed by atoms with Gasteiger partial charge < -0.3 is 9.84 Å². The summed E-state index contributed by atoms with van der Waals surface area (Å²) in [5.41, 5.74) is 0.903. The number of phenolic OH excluding ortho intramolecular Hbond substituents is 1. The number of aromatic nitrogens is 1. The van der Waals surface area contributed by atoms with Gasteiger partial charge in [0.05, 0.1) is 22.2 Å². The highest BCUT2D eigenvalue weighted by Gasteiger charge is 2.19. The van der Waals surface area contributed by atoms with E-state index in [1.54, 1.807) is 24.3 Å². The normalized spacial score (nSPS) is 11.2. The quantitative estimate of drug-likeness (QED) is 0.535. The van der Waals surface area contributed by atoms with Crippen LogP contribution >= 0.6 is 22.9 Å². The van der Waals surface area contributed by atoms with Gasteiger partial charge in [0.25, 0.3) is 0 Å². The first-order valence-corrected chi connectivity index (χ1v) is 7.97. The maximum atomic E-state index is 11.0. The maximum Gasteiger partial charge on any atom is 0.315 e. The molecule has 0 unspecified atom stereocenters. The zero-order valence-electron chi connectivity index (χ0n) is 12.4. The monoisotopic (exact) mass is 362 g/mol. The van der Waals surface area contributed by atoms with Gasteiger partial charge in [-0.1, -0.05) is 17.7 Å². The van der Waals surface area contributed by atoms with E-state index in [4.69, 9.17) is 16.3 Å². The Morgan fingerprint density at radius 3 is 2.83 bits per heavy atom. The third kappa shape index (κ3) is 3.17. The van der Waals surface area contributed by atoms with E-state index in [1.165, 1.54) is 30.6 Å². The van der Waals surface area contributed by atoms with E-state index in [2.05, 4.69) is 4.98 Å². The molecule has 0 fully saturated rings. The van der Waals surface area contributed by atoms with Gasteiger partial charge in [-0.3, -0.25) is 10.1 Å². The molecule has 1 aromatic heterocycles. The number of phenols is 1. The summed E-state index contributed by atoms with van der Waals surface area (Å²) in [5.74, 6) is -0.450. The molecule has 3 aromatic rings. The number of nitro groups is 1. The summed E-state index contributed by atoms with van der Waals surface area (Å²) >= 11 is 7.42. The lowest BCUT2D eigenvalue weighted by atomic mass is 10.1. The topological polar surface area (TPSA) is 85.5 Å². The van der Waals surface area contributed by atoms with Crippen LogP contribution in [0.25, 0.3) is 22.4 Å². The largest absolute Gasteiger partial charge is 0.500 e. The highest BCUT2D eigenvalue weighted by molar-refractivity contribution is 7.19. The van der Waals surface area contributed by atoms with Crippen molar-refractivity contribution in [1.29, 1.82) is 0 Å². The SMILES string of the molecule is COc1cc(/C=C/c2nc3cc(Cl)ccc3s2)cc([N+](=O)[O-])c1O. The predicted octanol–water partition coefficient (Wildman–Crippen LogP) is 4.74. The number of fused-ring (bicyclic) bond motifs is 1. The smallest absolute Gasteiger partial charge is 0.315 e. The van der Waals surface area contributed by atoms with Crippen molar-refractivity contribution in [2.75, 3.05) is 7.11 Å². The lowest BCUT2D eigenvalue weighted by molar-refractivity contribution is -0.386. The molecule has 0 aliphatic carbocycles. The molecule has 1 heterocycles. The van der Waals surface area contributed by atoms with E-state index < -0.39 is 16.4 Å². The van der Waals surface area contributed by atoms with Crippen LogP contribution in [-0.2, 0) is 0 Å². The van der Waals surface area contributed by atoms with Gasteiger partial charge in [-0.2, -0.15) is 0 Å². The molecule has 122 valence electrons. The van der Waals surface area contributed by atoms with Crippen LogP contribution in [0.2, 0.25) is 5.02 Å². The number of nitrogens with zero attached hydrogens (tertiary/aromatic N) is 2. The van der Waals surface area contributed by atoms with E-state index in [9.17, 15) is 15.2 Å². The van der Waals surface area contributed by atoms with E-state index in [-0.39, 0.29) is 5.75 Å². The Morgan fingerprint density at radius 1 is 1.33 bits per heavy atom. The fourth-order valence-corrected chi connectivity index (χ4v) is 3.18. The minimum Gasteiger partial charge on any atom is -0.500 e. The van der Waals surface area contributed by atoms with E-state index in [0.717, 1.165) is 15.2 Å². The Balaban J connectivity index is 1.98. The molecule has 8 heteroatoms. The second-order valence-electron chi connectivity index (χ2n) is 4.85. The zero-order chi connectivity index (χ0) is 17.3. The van der Waals surface area contributed by atoms with Gasteiger partial charge in [0, 0.05) is 11.1 Å². The molecule has 0 bridgehead atoms. The van der Waals surface area contributed by atoms with E-state index >= 15 is 0 Å². The van der Waals surface area contributed by atoms with Crippen molar-refractivity contribution < 1.29 is 14.8 Å². The first-order valence-electron chi connectivity index (χ1n) is 6.77. The van der Waals surface area contributed by atoms with Crippen LogP contribution in [-0.4, -0.2) is 22.1 Å². The summed E-state index contributed by atoms with van der Waals surface area (Å²) in [7, 11) is 1.34. The van der Waals surface area contributed by atoms with Crippen molar-refractivity contribution in [1.82, 2.24) is 4.98 Å². The Bertz CT molecular complexity index is 968. The highest BCUT2D eigenvalue weighted by atomic mass is 35.5. The molecular formula is C16H11ClN2O4S. The lowest BCUT2D eigenvalue weighted by Crippen LogP contribution is -1.93.